The van der Waals surface area contributed by atoms with Crippen LogP contribution in [-0.2, 0) is 5.54 Å². The summed E-state index contributed by atoms with van der Waals surface area (Å²) in [5.41, 5.74) is 6.52. The van der Waals surface area contributed by atoms with Crippen LogP contribution in [0.3, 0.4) is 0 Å². The molecule has 28 heavy (non-hydrogen) atoms. The van der Waals surface area contributed by atoms with Crippen LogP contribution in [0.2, 0.25) is 0 Å². The van der Waals surface area contributed by atoms with Gasteiger partial charge in [0.1, 0.15) is 0 Å². The molecule has 0 amide bonds. The molecule has 0 saturated carbocycles. The lowest BCUT2D eigenvalue weighted by Crippen LogP contribution is -2.47. The van der Waals surface area contributed by atoms with Crippen molar-refractivity contribution < 1.29 is 26.3 Å². The van der Waals surface area contributed by atoms with Crippen LogP contribution < -0.4 is 11.5 Å². The molecule has 0 aliphatic heterocycles. The minimum absolute atomic E-state index is 0.0154. The normalized spacial score (nSPS) is 20.9. The number of hydrogen-bond acceptors (Lipinski definition) is 2. The fourth-order valence-corrected chi connectivity index (χ4v) is 3.33. The molecule has 0 spiro atoms. The van der Waals surface area contributed by atoms with Crippen molar-refractivity contribution in [1.82, 2.24) is 0 Å². The summed E-state index contributed by atoms with van der Waals surface area (Å²) in [7, 11) is 0. The van der Waals surface area contributed by atoms with E-state index >= 15 is 0 Å². The number of allylic oxidation sites excluding steroid dienone is 2. The van der Waals surface area contributed by atoms with Crippen LogP contribution in [0.1, 0.15) is 17.5 Å². The highest BCUT2D eigenvalue weighted by molar-refractivity contribution is 5.81. The van der Waals surface area contributed by atoms with Gasteiger partial charge in [-0.3, -0.25) is 0 Å². The Morgan fingerprint density at radius 2 is 1.36 bits per heavy atom. The molecule has 0 saturated heterocycles. The van der Waals surface area contributed by atoms with Gasteiger partial charge in [0.2, 0.25) is 0 Å². The first-order chi connectivity index (χ1) is 12.9. The predicted octanol–water partition coefficient (Wildman–Crippen LogP) is 5.33. The zero-order valence-corrected chi connectivity index (χ0v) is 14.4. The van der Waals surface area contributed by atoms with E-state index in [0.717, 1.165) is 0 Å². The molecule has 8 heteroatoms. The molecule has 0 radical (unpaired) electrons. The molecule has 0 aromatic heterocycles. The molecule has 1 atom stereocenters. The van der Waals surface area contributed by atoms with E-state index in [0.29, 0.717) is 6.08 Å². The summed E-state index contributed by atoms with van der Waals surface area (Å²) in [4.78, 5) is 0. The number of hydrogen-bond donors (Lipinski definition) is 2. The summed E-state index contributed by atoms with van der Waals surface area (Å²) in [5, 5.41) is 0. The highest BCUT2D eigenvalue weighted by Gasteiger charge is 2.53. The quantitative estimate of drug-likeness (QED) is 0.531. The Bertz CT molecular complexity index is 924. The topological polar surface area (TPSA) is 52.0 Å². The molecule has 0 heterocycles. The maximum Gasteiger partial charge on any atom is 0.414 e. The van der Waals surface area contributed by atoms with Crippen LogP contribution in [-0.4, -0.2) is 12.4 Å². The predicted molar refractivity (Wildman–Crippen MR) is 94.9 cm³/mol. The maximum atomic E-state index is 13.8. The standard InChI is InChI=1S/C20H16F6N2/c21-19(22,23)16-11-18(28,13-4-2-1-3-5-13)17(20(24,25)26)10-15(16)12-6-8-14(27)9-7-12/h1-10H,11,27-28H2. The Kier molecular flexibility index (Phi) is 4.79. The van der Waals surface area contributed by atoms with Gasteiger partial charge in [0.25, 0.3) is 0 Å². The molecular formula is C20H16F6N2. The van der Waals surface area contributed by atoms with Gasteiger partial charge in [-0.05, 0) is 34.9 Å². The van der Waals surface area contributed by atoms with E-state index in [-0.39, 0.29) is 16.8 Å². The first-order valence-corrected chi connectivity index (χ1v) is 8.23. The summed E-state index contributed by atoms with van der Waals surface area (Å²) < 4.78 is 82.9. The van der Waals surface area contributed by atoms with E-state index in [1.165, 1.54) is 48.5 Å². The first kappa shape index (κ1) is 20.0. The van der Waals surface area contributed by atoms with Gasteiger partial charge in [0, 0.05) is 17.7 Å². The van der Waals surface area contributed by atoms with Gasteiger partial charge in [-0.15, -0.1) is 0 Å². The molecule has 0 fully saturated rings. The number of alkyl halides is 6. The Morgan fingerprint density at radius 1 is 0.786 bits per heavy atom. The van der Waals surface area contributed by atoms with Crippen LogP contribution in [0.4, 0.5) is 32.0 Å². The van der Waals surface area contributed by atoms with E-state index in [1.807, 2.05) is 0 Å². The Hall–Kier alpha value is -2.74. The number of benzene rings is 2. The lowest BCUT2D eigenvalue weighted by molar-refractivity contribution is -0.110. The summed E-state index contributed by atoms with van der Waals surface area (Å²) in [5.74, 6) is 0. The second-order valence-corrected chi connectivity index (χ2v) is 6.58. The van der Waals surface area contributed by atoms with Gasteiger partial charge in [0.05, 0.1) is 11.1 Å². The Morgan fingerprint density at radius 3 is 1.86 bits per heavy atom. The Balaban J connectivity index is 2.29. The first-order valence-electron chi connectivity index (χ1n) is 8.23. The molecule has 2 aromatic carbocycles. The Labute approximate surface area is 157 Å². The van der Waals surface area contributed by atoms with Gasteiger partial charge in [0.15, 0.2) is 0 Å². The molecule has 148 valence electrons. The smallest absolute Gasteiger partial charge is 0.399 e. The average molecular weight is 398 g/mol. The monoisotopic (exact) mass is 398 g/mol. The number of rotatable bonds is 2. The molecule has 3 rings (SSSR count). The lowest BCUT2D eigenvalue weighted by atomic mass is 9.72. The van der Waals surface area contributed by atoms with Crippen molar-refractivity contribution in [3.05, 3.63) is 82.9 Å². The summed E-state index contributed by atoms with van der Waals surface area (Å²) >= 11 is 0. The molecule has 2 aromatic rings. The maximum absolute atomic E-state index is 13.8. The van der Waals surface area contributed by atoms with Crippen LogP contribution in [0.15, 0.2) is 71.8 Å². The van der Waals surface area contributed by atoms with E-state index in [1.54, 1.807) is 6.07 Å². The zero-order chi connectivity index (χ0) is 20.7. The SMILES string of the molecule is Nc1ccc(C2=C(C(F)(F)F)CC(N)(c3ccccc3)C(C(F)(F)F)=C2)cc1. The van der Waals surface area contributed by atoms with Crippen molar-refractivity contribution in [2.24, 2.45) is 5.73 Å². The van der Waals surface area contributed by atoms with Gasteiger partial charge >= 0.3 is 12.4 Å². The molecule has 2 nitrogen and oxygen atoms in total. The third-order valence-corrected chi connectivity index (χ3v) is 4.71. The van der Waals surface area contributed by atoms with Crippen LogP contribution in [0.5, 0.6) is 0 Å². The number of nitrogen functional groups attached to an aromatic ring is 1. The highest BCUT2D eigenvalue weighted by atomic mass is 19.4. The van der Waals surface area contributed by atoms with Crippen molar-refractivity contribution in [3.63, 3.8) is 0 Å². The lowest BCUT2D eigenvalue weighted by Gasteiger charge is -2.39. The van der Waals surface area contributed by atoms with Gasteiger partial charge in [-0.25, -0.2) is 0 Å². The van der Waals surface area contributed by atoms with Crippen molar-refractivity contribution in [1.29, 1.82) is 0 Å². The number of anilines is 1. The van der Waals surface area contributed by atoms with E-state index in [4.69, 9.17) is 11.5 Å². The minimum Gasteiger partial charge on any atom is -0.399 e. The second-order valence-electron chi connectivity index (χ2n) is 6.58. The summed E-state index contributed by atoms with van der Waals surface area (Å²) in [6.07, 6.45) is -10.3. The fraction of sp³-hybridized carbons (Fsp3) is 0.200. The summed E-state index contributed by atoms with van der Waals surface area (Å²) in [6, 6.07) is 12.2. The van der Waals surface area contributed by atoms with Crippen molar-refractivity contribution in [3.8, 4) is 0 Å². The van der Waals surface area contributed by atoms with Gasteiger partial charge in [-0.1, -0.05) is 42.5 Å². The molecule has 1 unspecified atom stereocenters. The number of halogens is 6. The van der Waals surface area contributed by atoms with Gasteiger partial charge in [-0.2, -0.15) is 26.3 Å². The third-order valence-electron chi connectivity index (χ3n) is 4.71. The van der Waals surface area contributed by atoms with Gasteiger partial charge < -0.3 is 11.5 Å². The van der Waals surface area contributed by atoms with Crippen molar-refractivity contribution in [2.75, 3.05) is 5.73 Å². The van der Waals surface area contributed by atoms with E-state index in [9.17, 15) is 26.3 Å². The molecule has 1 aliphatic carbocycles. The highest BCUT2D eigenvalue weighted by Crippen LogP contribution is 2.51. The van der Waals surface area contributed by atoms with Crippen LogP contribution in [0.25, 0.3) is 5.57 Å². The fourth-order valence-electron chi connectivity index (χ4n) is 3.33. The average Bonchev–Trinajstić information content (AvgIpc) is 2.61. The van der Waals surface area contributed by atoms with Crippen molar-refractivity contribution in [2.45, 2.75) is 24.3 Å². The number of nitrogens with two attached hydrogens (primary N) is 2. The molecular weight excluding hydrogens is 382 g/mol. The van der Waals surface area contributed by atoms with Crippen LogP contribution >= 0.6 is 0 Å². The third kappa shape index (κ3) is 3.64. The summed E-state index contributed by atoms with van der Waals surface area (Å²) in [6.45, 7) is 0. The molecule has 0 bridgehead atoms. The van der Waals surface area contributed by atoms with E-state index in [2.05, 4.69) is 0 Å². The van der Waals surface area contributed by atoms with E-state index < -0.39 is 41.0 Å². The molecule has 1 aliphatic rings. The minimum atomic E-state index is -4.92. The second kappa shape index (κ2) is 6.70. The zero-order valence-electron chi connectivity index (χ0n) is 14.4. The van der Waals surface area contributed by atoms with Crippen molar-refractivity contribution >= 4 is 11.3 Å². The largest absolute Gasteiger partial charge is 0.414 e. The van der Waals surface area contributed by atoms with Crippen LogP contribution in [0, 0.1) is 0 Å². The molecule has 4 N–H and O–H groups in total.